The highest BCUT2D eigenvalue weighted by atomic mass is 16.5. The number of nitrogens with zero attached hydrogens (tertiary/aromatic N) is 1. The zero-order chi connectivity index (χ0) is 12.8. The molecule has 1 aromatic rings. The molecule has 0 heterocycles. The van der Waals surface area contributed by atoms with Gasteiger partial charge in [0.05, 0.1) is 23.3 Å². The minimum absolute atomic E-state index is 0.0851. The lowest BCUT2D eigenvalue weighted by atomic mass is 10.1. The Bertz CT molecular complexity index is 415. The van der Waals surface area contributed by atoms with E-state index in [0.29, 0.717) is 17.0 Å². The summed E-state index contributed by atoms with van der Waals surface area (Å²) in [5.74, 6) is 0.168. The van der Waals surface area contributed by atoms with Gasteiger partial charge in [-0.3, -0.25) is 0 Å². The monoisotopic (exact) mass is 231 g/mol. The quantitative estimate of drug-likeness (QED) is 0.748. The van der Waals surface area contributed by atoms with Gasteiger partial charge in [-0.05, 0) is 43.5 Å². The summed E-state index contributed by atoms with van der Waals surface area (Å²) in [6.07, 6.45) is 0.764. The summed E-state index contributed by atoms with van der Waals surface area (Å²) in [5, 5.41) is 8.65. The van der Waals surface area contributed by atoms with Crippen LogP contribution in [0, 0.1) is 17.2 Å². The van der Waals surface area contributed by atoms with Crippen molar-refractivity contribution in [3.63, 3.8) is 0 Å². The highest BCUT2D eigenvalue weighted by Gasteiger charge is 2.12. The minimum Gasteiger partial charge on any atom is -0.459 e. The Morgan fingerprint density at radius 3 is 2.35 bits per heavy atom. The number of carbonyl (C=O) groups excluding carboxylic acids is 1. The summed E-state index contributed by atoms with van der Waals surface area (Å²) in [6, 6.07) is 8.47. The van der Waals surface area contributed by atoms with Gasteiger partial charge in [-0.1, -0.05) is 13.8 Å². The zero-order valence-electron chi connectivity index (χ0n) is 10.4. The van der Waals surface area contributed by atoms with Crippen LogP contribution < -0.4 is 0 Å². The van der Waals surface area contributed by atoms with E-state index in [-0.39, 0.29) is 12.1 Å². The van der Waals surface area contributed by atoms with Gasteiger partial charge in [0.2, 0.25) is 0 Å². The topological polar surface area (TPSA) is 50.1 Å². The van der Waals surface area contributed by atoms with E-state index in [1.165, 1.54) is 0 Å². The van der Waals surface area contributed by atoms with Crippen molar-refractivity contribution >= 4 is 5.97 Å². The van der Waals surface area contributed by atoms with Crippen molar-refractivity contribution in [2.45, 2.75) is 33.3 Å². The Morgan fingerprint density at radius 1 is 1.29 bits per heavy atom. The van der Waals surface area contributed by atoms with Crippen LogP contribution in [0.2, 0.25) is 0 Å². The predicted molar refractivity (Wildman–Crippen MR) is 65.5 cm³/mol. The van der Waals surface area contributed by atoms with E-state index in [1.54, 1.807) is 24.3 Å². The van der Waals surface area contributed by atoms with Gasteiger partial charge in [-0.25, -0.2) is 4.79 Å². The molecule has 0 aromatic heterocycles. The fourth-order valence-corrected chi connectivity index (χ4v) is 1.64. The number of nitriles is 1. The SMILES string of the molecule is CC(C)C[C@H](C)OC(=O)c1ccc(C#N)cc1. The molecule has 17 heavy (non-hydrogen) atoms. The van der Waals surface area contributed by atoms with E-state index in [0.717, 1.165) is 6.42 Å². The number of hydrogen-bond acceptors (Lipinski definition) is 3. The van der Waals surface area contributed by atoms with E-state index in [9.17, 15) is 4.79 Å². The first-order valence-corrected chi connectivity index (χ1v) is 5.74. The van der Waals surface area contributed by atoms with E-state index in [4.69, 9.17) is 10.00 Å². The van der Waals surface area contributed by atoms with Crippen LogP contribution in [0.5, 0.6) is 0 Å². The molecule has 0 N–H and O–H groups in total. The summed E-state index contributed by atoms with van der Waals surface area (Å²) >= 11 is 0. The van der Waals surface area contributed by atoms with Gasteiger partial charge in [0, 0.05) is 0 Å². The van der Waals surface area contributed by atoms with Gasteiger partial charge in [-0.15, -0.1) is 0 Å². The molecule has 0 saturated carbocycles. The lowest BCUT2D eigenvalue weighted by Crippen LogP contribution is -2.16. The maximum absolute atomic E-state index is 11.7. The second-order valence-electron chi connectivity index (χ2n) is 4.53. The molecule has 3 nitrogen and oxygen atoms in total. The Labute approximate surface area is 102 Å². The number of hydrogen-bond donors (Lipinski definition) is 0. The first-order chi connectivity index (χ1) is 8.02. The van der Waals surface area contributed by atoms with Crippen LogP contribution in [0.25, 0.3) is 0 Å². The molecule has 0 bridgehead atoms. The highest BCUT2D eigenvalue weighted by molar-refractivity contribution is 5.89. The second-order valence-corrected chi connectivity index (χ2v) is 4.53. The first-order valence-electron chi connectivity index (χ1n) is 5.74. The van der Waals surface area contributed by atoms with E-state index in [1.807, 2.05) is 13.0 Å². The fraction of sp³-hybridized carbons (Fsp3) is 0.429. The molecule has 0 radical (unpaired) electrons. The van der Waals surface area contributed by atoms with Gasteiger partial charge in [0.15, 0.2) is 0 Å². The number of ether oxygens (including phenoxy) is 1. The lowest BCUT2D eigenvalue weighted by Gasteiger charge is -2.15. The molecule has 0 fully saturated rings. The van der Waals surface area contributed by atoms with E-state index >= 15 is 0 Å². The fourth-order valence-electron chi connectivity index (χ4n) is 1.64. The van der Waals surface area contributed by atoms with Crippen LogP contribution in [0.1, 0.15) is 43.1 Å². The van der Waals surface area contributed by atoms with Crippen LogP contribution >= 0.6 is 0 Å². The van der Waals surface area contributed by atoms with Crippen molar-refractivity contribution in [3.05, 3.63) is 35.4 Å². The van der Waals surface area contributed by atoms with E-state index in [2.05, 4.69) is 13.8 Å². The van der Waals surface area contributed by atoms with Crippen molar-refractivity contribution in [1.82, 2.24) is 0 Å². The van der Waals surface area contributed by atoms with Gasteiger partial charge in [0.25, 0.3) is 0 Å². The Kier molecular flexibility index (Phi) is 4.71. The molecule has 90 valence electrons. The molecule has 0 aliphatic heterocycles. The van der Waals surface area contributed by atoms with Crippen LogP contribution in [0.15, 0.2) is 24.3 Å². The summed E-state index contributed by atoms with van der Waals surface area (Å²) in [5.41, 5.74) is 1.02. The largest absolute Gasteiger partial charge is 0.459 e. The average molecular weight is 231 g/mol. The molecule has 0 spiro atoms. The second kappa shape index (κ2) is 6.05. The van der Waals surface area contributed by atoms with Crippen molar-refractivity contribution < 1.29 is 9.53 Å². The molecule has 0 aliphatic rings. The zero-order valence-corrected chi connectivity index (χ0v) is 10.4. The number of esters is 1. The van der Waals surface area contributed by atoms with Crippen LogP contribution in [-0.2, 0) is 4.74 Å². The first kappa shape index (κ1) is 13.2. The maximum atomic E-state index is 11.7. The number of carbonyl (C=O) groups is 1. The molecule has 1 aromatic carbocycles. The van der Waals surface area contributed by atoms with Crippen molar-refractivity contribution in [2.24, 2.45) is 5.92 Å². The highest BCUT2D eigenvalue weighted by Crippen LogP contribution is 2.11. The maximum Gasteiger partial charge on any atom is 0.338 e. The third kappa shape index (κ3) is 4.28. The summed E-state index contributed by atoms with van der Waals surface area (Å²) in [4.78, 5) is 11.7. The average Bonchev–Trinajstić information content (AvgIpc) is 2.28. The normalized spacial score (nSPS) is 11.9. The molecule has 0 amide bonds. The molecule has 0 aliphatic carbocycles. The van der Waals surface area contributed by atoms with Crippen LogP contribution in [-0.4, -0.2) is 12.1 Å². The number of benzene rings is 1. The number of rotatable bonds is 4. The van der Waals surface area contributed by atoms with Crippen molar-refractivity contribution in [3.8, 4) is 6.07 Å². The minimum atomic E-state index is -0.331. The molecular formula is C14H17NO2. The van der Waals surface area contributed by atoms with Gasteiger partial charge in [0.1, 0.15) is 0 Å². The van der Waals surface area contributed by atoms with Crippen LogP contribution in [0.4, 0.5) is 0 Å². The molecule has 1 rings (SSSR count). The molecule has 1 atom stereocenters. The van der Waals surface area contributed by atoms with Gasteiger partial charge < -0.3 is 4.74 Å². The third-order valence-corrected chi connectivity index (χ3v) is 2.36. The smallest absolute Gasteiger partial charge is 0.338 e. The summed E-state index contributed by atoms with van der Waals surface area (Å²) in [6.45, 7) is 6.07. The Balaban J connectivity index is 2.61. The molecule has 3 heteroatoms. The predicted octanol–water partition coefficient (Wildman–Crippen LogP) is 3.15. The van der Waals surface area contributed by atoms with Crippen LogP contribution in [0.3, 0.4) is 0 Å². The summed E-state index contributed by atoms with van der Waals surface area (Å²) in [7, 11) is 0. The Morgan fingerprint density at radius 2 is 1.88 bits per heavy atom. The standard InChI is InChI=1S/C14H17NO2/c1-10(2)8-11(3)17-14(16)13-6-4-12(9-15)5-7-13/h4-7,10-11H,8H2,1-3H3/t11-/m0/s1. The molecule has 0 unspecified atom stereocenters. The summed E-state index contributed by atoms with van der Waals surface area (Å²) < 4.78 is 5.30. The van der Waals surface area contributed by atoms with E-state index < -0.39 is 0 Å². The lowest BCUT2D eigenvalue weighted by molar-refractivity contribution is 0.0299. The Hall–Kier alpha value is -1.82. The van der Waals surface area contributed by atoms with Gasteiger partial charge in [-0.2, -0.15) is 5.26 Å². The molecule has 0 saturated heterocycles. The third-order valence-electron chi connectivity index (χ3n) is 2.36. The van der Waals surface area contributed by atoms with Gasteiger partial charge >= 0.3 is 5.97 Å². The van der Waals surface area contributed by atoms with Crippen molar-refractivity contribution in [1.29, 1.82) is 5.26 Å². The molecular weight excluding hydrogens is 214 g/mol. The van der Waals surface area contributed by atoms with Crippen molar-refractivity contribution in [2.75, 3.05) is 0 Å².